The summed E-state index contributed by atoms with van der Waals surface area (Å²) in [6, 6.07) is 8.27. The predicted molar refractivity (Wildman–Crippen MR) is 74.7 cm³/mol. The Labute approximate surface area is 110 Å². The molecule has 1 fully saturated rings. The van der Waals surface area contributed by atoms with Gasteiger partial charge in [0.1, 0.15) is 5.75 Å². The van der Waals surface area contributed by atoms with Gasteiger partial charge in [-0.3, -0.25) is 4.90 Å². The van der Waals surface area contributed by atoms with E-state index in [4.69, 9.17) is 10.5 Å². The second kappa shape index (κ2) is 5.72. The standard InChI is InChI=1S/C15H24N2O/c1-3-18-14-8-6-7-13(11-14)12-15(2,16)17-9-4-5-10-17/h6-8,11H,3-5,9-10,12,16H2,1-2H3. The molecule has 2 rings (SSSR count). The number of rotatable bonds is 5. The Balaban J connectivity index is 2.05. The molecule has 1 aliphatic rings. The van der Waals surface area contributed by atoms with Gasteiger partial charge in [-0.25, -0.2) is 0 Å². The van der Waals surface area contributed by atoms with Gasteiger partial charge < -0.3 is 10.5 Å². The first kappa shape index (κ1) is 13.4. The summed E-state index contributed by atoms with van der Waals surface area (Å²) < 4.78 is 5.53. The van der Waals surface area contributed by atoms with Crippen LogP contribution < -0.4 is 10.5 Å². The van der Waals surface area contributed by atoms with Gasteiger partial charge in [-0.2, -0.15) is 0 Å². The molecule has 2 N–H and O–H groups in total. The molecule has 0 radical (unpaired) electrons. The van der Waals surface area contributed by atoms with Crippen molar-refractivity contribution in [2.45, 2.75) is 38.8 Å². The Kier molecular flexibility index (Phi) is 4.25. The minimum atomic E-state index is -0.249. The first-order chi connectivity index (χ1) is 8.62. The number of likely N-dealkylation sites (tertiary alicyclic amines) is 1. The van der Waals surface area contributed by atoms with E-state index in [1.165, 1.54) is 18.4 Å². The van der Waals surface area contributed by atoms with Crippen LogP contribution in [0.2, 0.25) is 0 Å². The number of nitrogens with two attached hydrogens (primary N) is 1. The molecule has 0 spiro atoms. The van der Waals surface area contributed by atoms with Crippen LogP contribution in [0.3, 0.4) is 0 Å². The van der Waals surface area contributed by atoms with E-state index in [1.807, 2.05) is 19.1 Å². The van der Waals surface area contributed by atoms with Crippen molar-refractivity contribution in [3.8, 4) is 5.75 Å². The lowest BCUT2D eigenvalue weighted by molar-refractivity contribution is 0.141. The molecule has 1 aromatic carbocycles. The Morgan fingerprint density at radius 3 is 2.72 bits per heavy atom. The molecule has 1 saturated heterocycles. The van der Waals surface area contributed by atoms with Gasteiger partial charge in [0.25, 0.3) is 0 Å². The van der Waals surface area contributed by atoms with Crippen LogP contribution in [0.4, 0.5) is 0 Å². The van der Waals surface area contributed by atoms with Crippen LogP contribution in [0, 0.1) is 0 Å². The molecule has 1 unspecified atom stereocenters. The maximum absolute atomic E-state index is 6.46. The van der Waals surface area contributed by atoms with Crippen molar-refractivity contribution in [2.75, 3.05) is 19.7 Å². The summed E-state index contributed by atoms with van der Waals surface area (Å²) in [5.74, 6) is 0.937. The third-order valence-electron chi connectivity index (χ3n) is 3.60. The van der Waals surface area contributed by atoms with Gasteiger partial charge in [-0.15, -0.1) is 0 Å². The molecule has 18 heavy (non-hydrogen) atoms. The second-order valence-electron chi connectivity index (χ2n) is 5.31. The first-order valence-corrected chi connectivity index (χ1v) is 6.87. The quantitative estimate of drug-likeness (QED) is 0.869. The van der Waals surface area contributed by atoms with E-state index >= 15 is 0 Å². The highest BCUT2D eigenvalue weighted by atomic mass is 16.5. The van der Waals surface area contributed by atoms with Gasteiger partial charge in [0, 0.05) is 6.42 Å². The average molecular weight is 248 g/mol. The van der Waals surface area contributed by atoms with Gasteiger partial charge in [0.05, 0.1) is 12.3 Å². The van der Waals surface area contributed by atoms with Crippen molar-refractivity contribution in [2.24, 2.45) is 5.73 Å². The van der Waals surface area contributed by atoms with Gasteiger partial charge in [-0.1, -0.05) is 12.1 Å². The fourth-order valence-corrected chi connectivity index (χ4v) is 2.66. The van der Waals surface area contributed by atoms with Crippen molar-refractivity contribution < 1.29 is 4.74 Å². The van der Waals surface area contributed by atoms with Gasteiger partial charge in [-0.05, 0) is 57.5 Å². The van der Waals surface area contributed by atoms with Crippen molar-refractivity contribution in [1.29, 1.82) is 0 Å². The van der Waals surface area contributed by atoms with Crippen molar-refractivity contribution in [1.82, 2.24) is 4.90 Å². The van der Waals surface area contributed by atoms with E-state index < -0.39 is 0 Å². The van der Waals surface area contributed by atoms with Crippen molar-refractivity contribution in [3.05, 3.63) is 29.8 Å². The third kappa shape index (κ3) is 3.24. The van der Waals surface area contributed by atoms with E-state index in [-0.39, 0.29) is 5.66 Å². The maximum Gasteiger partial charge on any atom is 0.119 e. The van der Waals surface area contributed by atoms with Crippen LogP contribution >= 0.6 is 0 Å². The molecule has 0 aliphatic carbocycles. The number of benzene rings is 1. The number of nitrogens with zero attached hydrogens (tertiary/aromatic N) is 1. The minimum absolute atomic E-state index is 0.249. The Hall–Kier alpha value is -1.06. The van der Waals surface area contributed by atoms with E-state index in [0.29, 0.717) is 6.61 Å². The summed E-state index contributed by atoms with van der Waals surface area (Å²) >= 11 is 0. The van der Waals surface area contributed by atoms with Crippen molar-refractivity contribution in [3.63, 3.8) is 0 Å². The Morgan fingerprint density at radius 2 is 2.06 bits per heavy atom. The normalized spacial score (nSPS) is 19.7. The highest BCUT2D eigenvalue weighted by Gasteiger charge is 2.29. The van der Waals surface area contributed by atoms with Crippen LogP contribution in [0.5, 0.6) is 5.75 Å². The zero-order valence-corrected chi connectivity index (χ0v) is 11.5. The molecule has 1 aromatic rings. The summed E-state index contributed by atoms with van der Waals surface area (Å²) in [5.41, 5.74) is 7.46. The second-order valence-corrected chi connectivity index (χ2v) is 5.31. The highest BCUT2D eigenvalue weighted by Crippen LogP contribution is 2.23. The van der Waals surface area contributed by atoms with E-state index in [2.05, 4.69) is 24.0 Å². The molecule has 3 heteroatoms. The van der Waals surface area contributed by atoms with Crippen molar-refractivity contribution >= 4 is 0 Å². The molecule has 1 atom stereocenters. The summed E-state index contributed by atoms with van der Waals surface area (Å²) in [5, 5.41) is 0. The summed E-state index contributed by atoms with van der Waals surface area (Å²) in [6.45, 7) is 7.08. The molecular formula is C15H24N2O. The smallest absolute Gasteiger partial charge is 0.119 e. The molecule has 0 saturated carbocycles. The zero-order chi connectivity index (χ0) is 13.0. The molecule has 100 valence electrons. The Morgan fingerprint density at radius 1 is 1.33 bits per heavy atom. The largest absolute Gasteiger partial charge is 0.494 e. The number of ether oxygens (including phenoxy) is 1. The number of hydrogen-bond donors (Lipinski definition) is 1. The summed E-state index contributed by atoms with van der Waals surface area (Å²) in [7, 11) is 0. The molecule has 0 amide bonds. The monoisotopic (exact) mass is 248 g/mol. The van der Waals surface area contributed by atoms with Crippen LogP contribution in [-0.2, 0) is 6.42 Å². The maximum atomic E-state index is 6.46. The number of hydrogen-bond acceptors (Lipinski definition) is 3. The summed E-state index contributed by atoms with van der Waals surface area (Å²) in [4.78, 5) is 2.39. The predicted octanol–water partition coefficient (Wildman–Crippen LogP) is 2.40. The lowest BCUT2D eigenvalue weighted by Crippen LogP contribution is -2.53. The molecule has 1 heterocycles. The van der Waals surface area contributed by atoms with Crippen LogP contribution in [-0.4, -0.2) is 30.3 Å². The molecule has 0 aromatic heterocycles. The SMILES string of the molecule is CCOc1cccc(CC(C)(N)N2CCCC2)c1. The molecule has 1 aliphatic heterocycles. The topological polar surface area (TPSA) is 38.5 Å². The zero-order valence-electron chi connectivity index (χ0n) is 11.5. The Bertz CT molecular complexity index is 384. The van der Waals surface area contributed by atoms with E-state index in [9.17, 15) is 0 Å². The lowest BCUT2D eigenvalue weighted by atomic mass is 10.0. The van der Waals surface area contributed by atoms with Crippen LogP contribution in [0.25, 0.3) is 0 Å². The minimum Gasteiger partial charge on any atom is -0.494 e. The van der Waals surface area contributed by atoms with Gasteiger partial charge in [0.2, 0.25) is 0 Å². The fourth-order valence-electron chi connectivity index (χ4n) is 2.66. The molecule has 0 bridgehead atoms. The first-order valence-electron chi connectivity index (χ1n) is 6.87. The lowest BCUT2D eigenvalue weighted by Gasteiger charge is -2.35. The van der Waals surface area contributed by atoms with Crippen LogP contribution in [0.1, 0.15) is 32.3 Å². The van der Waals surface area contributed by atoms with Gasteiger partial charge >= 0.3 is 0 Å². The van der Waals surface area contributed by atoms with Gasteiger partial charge in [0.15, 0.2) is 0 Å². The molecule has 3 nitrogen and oxygen atoms in total. The highest BCUT2D eigenvalue weighted by molar-refractivity contribution is 5.29. The molecular weight excluding hydrogens is 224 g/mol. The third-order valence-corrected chi connectivity index (χ3v) is 3.60. The summed E-state index contributed by atoms with van der Waals surface area (Å²) in [6.07, 6.45) is 3.41. The van der Waals surface area contributed by atoms with E-state index in [0.717, 1.165) is 25.3 Å². The van der Waals surface area contributed by atoms with Crippen LogP contribution in [0.15, 0.2) is 24.3 Å². The fraction of sp³-hybridized carbons (Fsp3) is 0.600. The van der Waals surface area contributed by atoms with E-state index in [1.54, 1.807) is 0 Å². The average Bonchev–Trinajstić information content (AvgIpc) is 2.83.